The van der Waals surface area contributed by atoms with Crippen LogP contribution in [0.1, 0.15) is 278 Å². The molecule has 0 aromatic rings. The van der Waals surface area contributed by atoms with E-state index in [0.717, 1.165) is 173 Å². The summed E-state index contributed by atoms with van der Waals surface area (Å²) in [5, 5.41) is 20.6. The predicted molar refractivity (Wildman–Crippen MR) is 408 cm³/mol. The molecule has 5 atom stereocenters. The number of unbranched alkanes of at least 4 members (excludes halogenated alkanes) is 21. The Morgan fingerprint density at radius 1 is 0.283 bits per heavy atom. The minimum absolute atomic E-state index is 0.0806. The molecule has 0 aromatic heterocycles. The third kappa shape index (κ3) is 74.2. The van der Waals surface area contributed by atoms with E-state index in [1.165, 1.54) is 44.9 Å². The Kier molecular flexibility index (Phi) is 69.4. The highest BCUT2D eigenvalue weighted by molar-refractivity contribution is 7.47. The Labute approximate surface area is 600 Å². The second-order valence-electron chi connectivity index (χ2n) is 24.7. The molecule has 16 nitrogen and oxygen atoms in total. The maximum absolute atomic E-state index is 13.0. The standard InChI is InChI=1S/C81H134O16P2/c1-4-7-10-13-16-19-22-25-28-31-33-34-35-36-37-38-39-40-42-45-46-49-52-55-58-61-64-67-79(84)91-70-76(82)71-93-98(87,88)94-72-77(83)73-95-99(89,90)96-75-78(97-81(86)69-66-63-60-57-54-51-48-43-30-27-24-21-18-15-12-9-6-3)74-92-80(85)68-65-62-59-56-53-50-47-44-41-32-29-26-23-20-17-14-11-8-5-2/h7-12,16-21,25-30,33-34,36-37,41,44,50,53,76-78,82-83H,4-6,13-15,22-24,31-32,35,38-40,42-43,45-49,51-52,54-75H2,1-3H3,(H,87,88)(H,89,90)/b10-7-,11-8-,12-9-,19-16-,20-17-,21-18-,28-25-,29-26-,30-27-,34-33-,37-36-,44-41-,53-50-. The average Bonchev–Trinajstić information content (AvgIpc) is 2.62. The Morgan fingerprint density at radius 2 is 0.505 bits per heavy atom. The van der Waals surface area contributed by atoms with Crippen LogP contribution in [-0.4, -0.2) is 95.9 Å². The number of allylic oxidation sites excluding steroid dienone is 26. The summed E-state index contributed by atoms with van der Waals surface area (Å²) in [5.74, 6) is -1.63. The number of carbonyl (C=O) groups is 3. The number of hydrogen-bond acceptors (Lipinski definition) is 14. The molecule has 0 aromatic carbocycles. The molecule has 0 aliphatic carbocycles. The van der Waals surface area contributed by atoms with Crippen molar-refractivity contribution in [2.75, 3.05) is 39.6 Å². The van der Waals surface area contributed by atoms with E-state index in [-0.39, 0.29) is 19.3 Å². The van der Waals surface area contributed by atoms with Crippen LogP contribution in [0.3, 0.4) is 0 Å². The number of rotatable bonds is 70. The maximum atomic E-state index is 13.0. The Hall–Kier alpha value is -4.83. The summed E-state index contributed by atoms with van der Waals surface area (Å²) < 4.78 is 61.1. The second kappa shape index (κ2) is 72.9. The second-order valence-corrected chi connectivity index (χ2v) is 27.6. The van der Waals surface area contributed by atoms with Crippen LogP contribution in [-0.2, 0) is 55.8 Å². The van der Waals surface area contributed by atoms with Crippen LogP contribution in [0.2, 0.25) is 0 Å². The van der Waals surface area contributed by atoms with Crippen LogP contribution in [0.5, 0.6) is 0 Å². The van der Waals surface area contributed by atoms with E-state index in [0.29, 0.717) is 19.3 Å². The molecule has 4 N–H and O–H groups in total. The lowest BCUT2D eigenvalue weighted by atomic mass is 10.0. The van der Waals surface area contributed by atoms with Crippen molar-refractivity contribution >= 4 is 33.6 Å². The van der Waals surface area contributed by atoms with E-state index in [1.54, 1.807) is 0 Å². The first-order valence-corrected chi connectivity index (χ1v) is 40.8. The minimum atomic E-state index is -4.95. The van der Waals surface area contributed by atoms with Crippen LogP contribution in [0.4, 0.5) is 0 Å². The largest absolute Gasteiger partial charge is 0.472 e. The molecule has 18 heteroatoms. The van der Waals surface area contributed by atoms with Gasteiger partial charge >= 0.3 is 33.6 Å². The number of phosphoric acid groups is 2. The lowest BCUT2D eigenvalue weighted by molar-refractivity contribution is -0.161. The van der Waals surface area contributed by atoms with Crippen LogP contribution >= 0.6 is 15.6 Å². The number of aliphatic hydroxyl groups is 2. The van der Waals surface area contributed by atoms with Gasteiger partial charge in [-0.25, -0.2) is 9.13 Å². The summed E-state index contributed by atoms with van der Waals surface area (Å²) in [5.41, 5.74) is 0. The first kappa shape index (κ1) is 94.2. The molecule has 0 radical (unpaired) electrons. The van der Waals surface area contributed by atoms with Gasteiger partial charge in [0.2, 0.25) is 0 Å². The van der Waals surface area contributed by atoms with Crippen molar-refractivity contribution in [2.45, 2.75) is 296 Å². The van der Waals surface area contributed by atoms with Gasteiger partial charge in [-0.1, -0.05) is 275 Å². The Bertz CT molecular complexity index is 2430. The maximum Gasteiger partial charge on any atom is 0.472 e. The van der Waals surface area contributed by atoms with Crippen molar-refractivity contribution < 1.29 is 75.8 Å². The van der Waals surface area contributed by atoms with E-state index >= 15 is 0 Å². The summed E-state index contributed by atoms with van der Waals surface area (Å²) in [7, 11) is -9.81. The quantitative estimate of drug-likeness (QED) is 0.0146. The summed E-state index contributed by atoms with van der Waals surface area (Å²) in [6, 6.07) is 0. The molecule has 0 saturated heterocycles. The van der Waals surface area contributed by atoms with Gasteiger partial charge in [0.1, 0.15) is 25.4 Å². The number of aliphatic hydroxyl groups excluding tert-OH is 2. The zero-order valence-electron chi connectivity index (χ0n) is 61.4. The van der Waals surface area contributed by atoms with Crippen molar-refractivity contribution in [3.63, 3.8) is 0 Å². The SMILES string of the molecule is CC/C=C\C/C=C\C/C=C\C/C=C\C/C=C\CCCCCCCCCCCCCC(=O)OCC(O)COP(=O)(O)OCC(O)COP(=O)(O)OCC(COC(=O)CCCCC/C=C\C/C=C\C/C=C\C/C=C\C/C=C\CC)OC(=O)CCCCCCCCC/C=C\C/C=C\C/C=C\CC. The monoisotopic (exact) mass is 1420 g/mol. The molecule has 0 bridgehead atoms. The van der Waals surface area contributed by atoms with Crippen LogP contribution < -0.4 is 0 Å². The van der Waals surface area contributed by atoms with Gasteiger partial charge < -0.3 is 34.2 Å². The zero-order chi connectivity index (χ0) is 72.3. The van der Waals surface area contributed by atoms with E-state index in [4.69, 9.17) is 32.3 Å². The number of esters is 3. The fourth-order valence-corrected chi connectivity index (χ4v) is 11.2. The van der Waals surface area contributed by atoms with Crippen LogP contribution in [0.15, 0.2) is 158 Å². The van der Waals surface area contributed by atoms with Gasteiger partial charge in [-0.15, -0.1) is 0 Å². The van der Waals surface area contributed by atoms with Gasteiger partial charge in [0, 0.05) is 19.3 Å². The van der Waals surface area contributed by atoms with Gasteiger partial charge in [0.05, 0.1) is 26.4 Å². The molecular formula is C81H134O16P2. The third-order valence-electron chi connectivity index (χ3n) is 15.2. The highest BCUT2D eigenvalue weighted by Gasteiger charge is 2.29. The van der Waals surface area contributed by atoms with Gasteiger partial charge in [-0.2, -0.15) is 0 Å². The fourth-order valence-electron chi connectivity index (χ4n) is 9.58. The molecule has 0 amide bonds. The van der Waals surface area contributed by atoms with E-state index in [1.807, 2.05) is 0 Å². The molecule has 0 rings (SSSR count). The first-order chi connectivity index (χ1) is 48.2. The number of phosphoric ester groups is 2. The number of carbonyl (C=O) groups excluding carboxylic acids is 3. The van der Waals surface area contributed by atoms with Crippen LogP contribution in [0.25, 0.3) is 0 Å². The highest BCUT2D eigenvalue weighted by Crippen LogP contribution is 2.45. The summed E-state index contributed by atoms with van der Waals surface area (Å²) in [6.07, 6.45) is 90.0. The normalized spacial score (nSPS) is 14.9. The van der Waals surface area contributed by atoms with Crippen molar-refractivity contribution in [3.05, 3.63) is 158 Å². The average molecular weight is 1430 g/mol. The van der Waals surface area contributed by atoms with Gasteiger partial charge in [0.15, 0.2) is 6.10 Å². The Morgan fingerprint density at radius 3 is 0.808 bits per heavy atom. The van der Waals surface area contributed by atoms with E-state index < -0.39 is 91.5 Å². The first-order valence-electron chi connectivity index (χ1n) is 37.8. The number of ether oxygens (including phenoxy) is 3. The molecule has 564 valence electrons. The molecular weight excluding hydrogens is 1290 g/mol. The molecule has 0 saturated carbocycles. The highest BCUT2D eigenvalue weighted by atomic mass is 31.2. The Balaban J connectivity index is 4.63. The molecule has 99 heavy (non-hydrogen) atoms. The minimum Gasteiger partial charge on any atom is -0.463 e. The molecule has 0 fully saturated rings. The van der Waals surface area contributed by atoms with Gasteiger partial charge in [0.25, 0.3) is 0 Å². The molecule has 0 aliphatic heterocycles. The molecule has 0 aliphatic rings. The third-order valence-corrected chi connectivity index (χ3v) is 17.1. The molecule has 0 heterocycles. The van der Waals surface area contributed by atoms with E-state index in [2.05, 4.69) is 179 Å². The van der Waals surface area contributed by atoms with Crippen molar-refractivity contribution in [2.24, 2.45) is 0 Å². The summed E-state index contributed by atoms with van der Waals surface area (Å²) in [6.45, 7) is 2.28. The van der Waals surface area contributed by atoms with Crippen molar-refractivity contribution in [1.82, 2.24) is 0 Å². The predicted octanol–water partition coefficient (Wildman–Crippen LogP) is 21.9. The zero-order valence-corrected chi connectivity index (χ0v) is 63.1. The topological polar surface area (TPSA) is 231 Å². The molecule has 5 unspecified atom stereocenters. The summed E-state index contributed by atoms with van der Waals surface area (Å²) >= 11 is 0. The number of hydrogen-bond donors (Lipinski definition) is 4. The van der Waals surface area contributed by atoms with Crippen LogP contribution in [0, 0.1) is 0 Å². The summed E-state index contributed by atoms with van der Waals surface area (Å²) in [4.78, 5) is 58.6. The smallest absolute Gasteiger partial charge is 0.463 e. The van der Waals surface area contributed by atoms with Crippen molar-refractivity contribution in [1.29, 1.82) is 0 Å². The van der Waals surface area contributed by atoms with E-state index in [9.17, 15) is 43.5 Å². The molecule has 0 spiro atoms. The lowest BCUT2D eigenvalue weighted by Crippen LogP contribution is -2.30. The van der Waals surface area contributed by atoms with Crippen molar-refractivity contribution in [3.8, 4) is 0 Å². The van der Waals surface area contributed by atoms with Gasteiger partial charge in [-0.3, -0.25) is 32.5 Å². The lowest BCUT2D eigenvalue weighted by Gasteiger charge is -2.21. The van der Waals surface area contributed by atoms with Gasteiger partial charge in [-0.05, 0) is 141 Å². The fraction of sp³-hybridized carbons (Fsp3) is 0.642.